The van der Waals surface area contributed by atoms with Gasteiger partial charge in [0.1, 0.15) is 18.9 Å². The van der Waals surface area contributed by atoms with Crippen LogP contribution >= 0.6 is 0 Å². The molecule has 1 saturated carbocycles. The van der Waals surface area contributed by atoms with Crippen LogP contribution in [0, 0.1) is 11.7 Å². The van der Waals surface area contributed by atoms with Crippen molar-refractivity contribution in [1.29, 1.82) is 0 Å². The molecule has 33 heavy (non-hydrogen) atoms. The Bertz CT molecular complexity index is 777. The maximum absolute atomic E-state index is 14.6. The van der Waals surface area contributed by atoms with Crippen molar-refractivity contribution in [3.8, 4) is 5.75 Å². The first-order valence-electron chi connectivity index (χ1n) is 12.6. The monoisotopic (exact) mass is 463 g/mol. The molecule has 0 spiro atoms. The van der Waals surface area contributed by atoms with Crippen molar-refractivity contribution in [3.63, 3.8) is 0 Å². The van der Waals surface area contributed by atoms with E-state index in [2.05, 4.69) is 21.6 Å². The van der Waals surface area contributed by atoms with Gasteiger partial charge in [-0.3, -0.25) is 16.4 Å². The van der Waals surface area contributed by atoms with Crippen LogP contribution in [0.25, 0.3) is 0 Å². The molecule has 2 aliphatic heterocycles. The number of hydrogen-bond donors (Lipinski definition) is 3. The van der Waals surface area contributed by atoms with E-state index in [4.69, 9.17) is 21.9 Å². The van der Waals surface area contributed by atoms with Gasteiger partial charge in [-0.1, -0.05) is 26.2 Å². The number of nitrogens with zero attached hydrogens (tertiary/aromatic N) is 4. The van der Waals surface area contributed by atoms with Crippen molar-refractivity contribution in [2.45, 2.75) is 76.8 Å². The van der Waals surface area contributed by atoms with Crippen LogP contribution < -0.4 is 26.8 Å². The van der Waals surface area contributed by atoms with Crippen LogP contribution in [0.5, 0.6) is 5.75 Å². The molecule has 0 bridgehead atoms. The van der Waals surface area contributed by atoms with E-state index in [9.17, 15) is 4.39 Å². The van der Waals surface area contributed by atoms with E-state index in [-0.39, 0.29) is 12.0 Å². The maximum atomic E-state index is 14.6. The molecule has 4 atom stereocenters. The van der Waals surface area contributed by atoms with Gasteiger partial charge in [-0.2, -0.15) is 0 Å². The zero-order valence-corrected chi connectivity index (χ0v) is 20.2. The van der Waals surface area contributed by atoms with Crippen LogP contribution in [0.3, 0.4) is 0 Å². The molecular weight excluding hydrogens is 421 g/mol. The Morgan fingerprint density at radius 3 is 2.27 bits per heavy atom. The molecular formula is C24H42FN7O. The van der Waals surface area contributed by atoms with Crippen LogP contribution in [0.4, 0.5) is 10.1 Å². The van der Waals surface area contributed by atoms with Crippen molar-refractivity contribution in [2.75, 3.05) is 38.2 Å². The highest BCUT2D eigenvalue weighted by Gasteiger charge is 2.44. The zero-order chi connectivity index (χ0) is 23.5. The van der Waals surface area contributed by atoms with E-state index >= 15 is 0 Å². The van der Waals surface area contributed by atoms with Crippen molar-refractivity contribution in [3.05, 3.63) is 24.0 Å². The molecule has 9 heteroatoms. The Hall–Kier alpha value is -1.49. The summed E-state index contributed by atoms with van der Waals surface area (Å²) in [6.45, 7) is 5.91. The Morgan fingerprint density at radius 1 is 0.939 bits per heavy atom. The van der Waals surface area contributed by atoms with Gasteiger partial charge in [0.05, 0.1) is 7.11 Å². The molecule has 6 N–H and O–H groups in total. The van der Waals surface area contributed by atoms with Crippen molar-refractivity contribution < 1.29 is 9.13 Å². The number of ether oxygens (including phenoxy) is 1. The third-order valence-electron chi connectivity index (χ3n) is 7.88. The highest BCUT2D eigenvalue weighted by atomic mass is 19.1. The fraction of sp³-hybridized carbons (Fsp3) is 0.750. The molecule has 2 saturated heterocycles. The second kappa shape index (κ2) is 10.8. The van der Waals surface area contributed by atoms with Crippen molar-refractivity contribution >= 4 is 5.69 Å². The van der Waals surface area contributed by atoms with Gasteiger partial charge in [0.25, 0.3) is 0 Å². The first-order valence-corrected chi connectivity index (χ1v) is 12.6. The Labute approximate surface area is 197 Å². The average molecular weight is 464 g/mol. The van der Waals surface area contributed by atoms with Gasteiger partial charge in [0, 0.05) is 30.9 Å². The number of anilines is 1. The molecule has 0 amide bonds. The summed E-state index contributed by atoms with van der Waals surface area (Å²) in [5.41, 5.74) is 21.1. The molecule has 0 radical (unpaired) electrons. The molecule has 3 fully saturated rings. The lowest BCUT2D eigenvalue weighted by molar-refractivity contribution is -0.0758. The van der Waals surface area contributed by atoms with Crippen LogP contribution in [0.1, 0.15) is 51.9 Å². The summed E-state index contributed by atoms with van der Waals surface area (Å²) < 4.78 is 19.7. The van der Waals surface area contributed by atoms with Crippen LogP contribution in [0.15, 0.2) is 18.2 Å². The smallest absolute Gasteiger partial charge is 0.167 e. The maximum Gasteiger partial charge on any atom is 0.167 e. The fourth-order valence-corrected chi connectivity index (χ4v) is 5.96. The van der Waals surface area contributed by atoms with E-state index in [1.54, 1.807) is 6.07 Å². The van der Waals surface area contributed by atoms with Crippen LogP contribution in [-0.4, -0.2) is 72.9 Å². The van der Waals surface area contributed by atoms with E-state index in [1.165, 1.54) is 51.7 Å². The second-order valence-corrected chi connectivity index (χ2v) is 9.79. The quantitative estimate of drug-likeness (QED) is 0.565. The van der Waals surface area contributed by atoms with E-state index in [0.29, 0.717) is 17.6 Å². The van der Waals surface area contributed by atoms with E-state index in [0.717, 1.165) is 32.6 Å². The van der Waals surface area contributed by atoms with Crippen LogP contribution in [-0.2, 0) is 0 Å². The minimum absolute atomic E-state index is 0.204. The van der Waals surface area contributed by atoms with Gasteiger partial charge >= 0.3 is 0 Å². The normalized spacial score (nSPS) is 30.8. The third kappa shape index (κ3) is 5.13. The third-order valence-corrected chi connectivity index (χ3v) is 7.88. The number of nitrogens with two attached hydrogens (primary N) is 3. The summed E-state index contributed by atoms with van der Waals surface area (Å²) in [5, 5.41) is 0. The zero-order valence-electron chi connectivity index (χ0n) is 20.2. The molecule has 2 heterocycles. The number of benzene rings is 1. The molecule has 4 unspecified atom stereocenters. The van der Waals surface area contributed by atoms with Gasteiger partial charge in [-0.05, 0) is 56.8 Å². The molecule has 8 nitrogen and oxygen atoms in total. The predicted octanol–water partition coefficient (Wildman–Crippen LogP) is 2.05. The summed E-state index contributed by atoms with van der Waals surface area (Å²) in [6, 6.07) is 5.32. The fourth-order valence-electron chi connectivity index (χ4n) is 5.96. The number of methoxy groups -OCH3 is 1. The first kappa shape index (κ1) is 24.6. The number of rotatable bonds is 7. The summed E-state index contributed by atoms with van der Waals surface area (Å²) in [7, 11) is 1.46. The number of likely N-dealkylation sites (tertiary alicyclic amines) is 1. The summed E-state index contributed by atoms with van der Waals surface area (Å²) in [4.78, 5) is 8.70. The largest absolute Gasteiger partial charge is 0.494 e. The number of hydrogen-bond acceptors (Lipinski definition) is 8. The van der Waals surface area contributed by atoms with Gasteiger partial charge in [-0.15, -0.1) is 0 Å². The standard InChI is InChI=1S/C24H42FN7O/c1-3-29-13-7-10-19(29)16-31-22(26)30(15-17-8-5-4-6-9-17)23(27)32(24(31)28)18-11-12-21(33-2)20(25)14-18/h11-12,14,17,19,22-24H,3-10,13,15-16,26-28H2,1-2H3. The number of likely N-dealkylation sites (N-methyl/N-ethyl adjacent to an activating group) is 1. The summed E-state index contributed by atoms with van der Waals surface area (Å²) in [6.07, 6.45) is 7.08. The Balaban J connectivity index is 1.63. The molecule has 3 aliphatic rings. The molecule has 0 aromatic heterocycles. The van der Waals surface area contributed by atoms with E-state index in [1.807, 2.05) is 11.0 Å². The molecule has 1 aromatic carbocycles. The molecule has 186 valence electrons. The highest BCUT2D eigenvalue weighted by molar-refractivity contribution is 5.51. The van der Waals surface area contributed by atoms with Gasteiger partial charge in [-0.25, -0.2) is 14.2 Å². The summed E-state index contributed by atoms with van der Waals surface area (Å²) in [5.74, 6) is 0.345. The van der Waals surface area contributed by atoms with Crippen molar-refractivity contribution in [1.82, 2.24) is 14.7 Å². The lowest BCUT2D eigenvalue weighted by Crippen LogP contribution is -2.79. The second-order valence-electron chi connectivity index (χ2n) is 9.79. The van der Waals surface area contributed by atoms with Crippen LogP contribution in [0.2, 0.25) is 0 Å². The SMILES string of the molecule is CCN1CCCC1CN1C(N)N(CC2CCCCC2)C(N)N(c2ccc(OC)c(F)c2)C1N. The first-order chi connectivity index (χ1) is 15.9. The Kier molecular flexibility index (Phi) is 8.09. The highest BCUT2D eigenvalue weighted by Crippen LogP contribution is 2.33. The van der Waals surface area contributed by atoms with E-state index < -0.39 is 18.4 Å². The van der Waals surface area contributed by atoms with Gasteiger partial charge in [0.2, 0.25) is 0 Å². The topological polar surface area (TPSA) is 100 Å². The summed E-state index contributed by atoms with van der Waals surface area (Å²) >= 11 is 0. The lowest BCUT2D eigenvalue weighted by atomic mass is 9.89. The van der Waals surface area contributed by atoms with Gasteiger partial charge in [0.15, 0.2) is 11.6 Å². The predicted molar refractivity (Wildman–Crippen MR) is 130 cm³/mol. The molecule has 4 rings (SSSR count). The lowest BCUT2D eigenvalue weighted by Gasteiger charge is -2.56. The Morgan fingerprint density at radius 2 is 1.64 bits per heavy atom. The minimum Gasteiger partial charge on any atom is -0.494 e. The van der Waals surface area contributed by atoms with Crippen molar-refractivity contribution in [2.24, 2.45) is 23.1 Å². The molecule has 1 aliphatic carbocycles. The number of halogens is 1. The minimum atomic E-state index is -0.551. The average Bonchev–Trinajstić information content (AvgIpc) is 3.28. The van der Waals surface area contributed by atoms with Gasteiger partial charge < -0.3 is 15.4 Å². The molecule has 1 aromatic rings.